The van der Waals surface area contributed by atoms with Crippen LogP contribution in [0.4, 0.5) is 0 Å². The number of thiophene rings is 1. The van der Waals surface area contributed by atoms with E-state index in [-0.39, 0.29) is 12.3 Å². The van der Waals surface area contributed by atoms with Gasteiger partial charge in [-0.2, -0.15) is 0 Å². The molecule has 2 rings (SSSR count). The second kappa shape index (κ2) is 5.17. The maximum atomic E-state index is 12.4. The summed E-state index contributed by atoms with van der Waals surface area (Å²) in [5, 5.41) is 9.16. The smallest absolute Gasteiger partial charge is 0.327 e. The van der Waals surface area contributed by atoms with Crippen molar-refractivity contribution in [2.75, 3.05) is 18.1 Å². The van der Waals surface area contributed by atoms with Gasteiger partial charge in [0.1, 0.15) is 6.04 Å². The fourth-order valence-corrected chi connectivity index (χ4v) is 4.67. The molecule has 0 spiro atoms. The average molecular weight is 317 g/mol. The first-order chi connectivity index (χ1) is 9.21. The zero-order chi connectivity index (χ0) is 15.1. The molecule has 1 aliphatic heterocycles. The van der Waals surface area contributed by atoms with Crippen LogP contribution in [0.1, 0.15) is 20.1 Å². The molecule has 1 fully saturated rings. The summed E-state index contributed by atoms with van der Waals surface area (Å²) < 4.78 is 23.1. The largest absolute Gasteiger partial charge is 0.480 e. The van der Waals surface area contributed by atoms with E-state index >= 15 is 0 Å². The second-order valence-electron chi connectivity index (χ2n) is 4.84. The molecule has 1 aromatic rings. The van der Waals surface area contributed by atoms with E-state index in [4.69, 9.17) is 5.11 Å². The normalized spacial score (nSPS) is 21.7. The van der Waals surface area contributed by atoms with Gasteiger partial charge < -0.3 is 10.0 Å². The van der Waals surface area contributed by atoms with Crippen LogP contribution in [0, 0.1) is 13.8 Å². The molecule has 1 atom stereocenters. The highest BCUT2D eigenvalue weighted by Crippen LogP contribution is 2.25. The van der Waals surface area contributed by atoms with Crippen molar-refractivity contribution in [2.45, 2.75) is 19.9 Å². The van der Waals surface area contributed by atoms with Crippen molar-refractivity contribution in [3.05, 3.63) is 21.4 Å². The minimum atomic E-state index is -3.40. The molecule has 8 heteroatoms. The molecule has 1 aromatic heterocycles. The molecule has 110 valence electrons. The van der Waals surface area contributed by atoms with Gasteiger partial charge >= 0.3 is 5.97 Å². The molecular formula is C12H15NO5S2. The third-order valence-corrected chi connectivity index (χ3v) is 5.98. The minimum Gasteiger partial charge on any atom is -0.480 e. The molecule has 1 N–H and O–H groups in total. The molecule has 0 radical (unpaired) electrons. The van der Waals surface area contributed by atoms with Crippen molar-refractivity contribution in [1.82, 2.24) is 4.90 Å². The van der Waals surface area contributed by atoms with Gasteiger partial charge in [0.25, 0.3) is 5.91 Å². The molecule has 20 heavy (non-hydrogen) atoms. The van der Waals surface area contributed by atoms with E-state index in [9.17, 15) is 18.0 Å². The standard InChI is InChI=1S/C12H15NO5S2/c1-7-5-8(2)19-10(7)11(14)13-3-4-20(17,18)6-9(13)12(15)16/h5,9H,3-4,6H2,1-2H3,(H,15,16). The maximum absolute atomic E-state index is 12.4. The molecule has 1 amide bonds. The number of carbonyl (C=O) groups excluding carboxylic acids is 1. The SMILES string of the molecule is Cc1cc(C)c(C(=O)N2CCS(=O)(=O)CC2C(=O)O)s1. The van der Waals surface area contributed by atoms with E-state index < -0.39 is 33.5 Å². The number of aliphatic carboxylic acids is 1. The summed E-state index contributed by atoms with van der Waals surface area (Å²) in [6.45, 7) is 3.57. The Balaban J connectivity index is 2.33. The summed E-state index contributed by atoms with van der Waals surface area (Å²) in [5.74, 6) is -2.39. The number of nitrogens with zero attached hydrogens (tertiary/aromatic N) is 1. The Morgan fingerprint density at radius 3 is 2.55 bits per heavy atom. The van der Waals surface area contributed by atoms with Gasteiger partial charge in [-0.25, -0.2) is 13.2 Å². The van der Waals surface area contributed by atoms with Gasteiger partial charge in [0, 0.05) is 11.4 Å². The lowest BCUT2D eigenvalue weighted by atomic mass is 10.2. The summed E-state index contributed by atoms with van der Waals surface area (Å²) in [4.78, 5) is 26.3. The summed E-state index contributed by atoms with van der Waals surface area (Å²) in [6, 6.07) is 0.553. The number of hydrogen-bond acceptors (Lipinski definition) is 5. The lowest BCUT2D eigenvalue weighted by Gasteiger charge is -2.32. The Kier molecular flexibility index (Phi) is 3.88. The highest BCUT2D eigenvalue weighted by molar-refractivity contribution is 7.91. The van der Waals surface area contributed by atoms with Crippen molar-refractivity contribution < 1.29 is 23.1 Å². The first kappa shape index (κ1) is 15.0. The van der Waals surface area contributed by atoms with Crippen LogP contribution in [0.2, 0.25) is 0 Å². The van der Waals surface area contributed by atoms with E-state index in [0.717, 1.165) is 15.3 Å². The topological polar surface area (TPSA) is 91.8 Å². The van der Waals surface area contributed by atoms with Crippen LogP contribution in [-0.2, 0) is 14.6 Å². The predicted octanol–water partition coefficient (Wildman–Crippen LogP) is 0.689. The van der Waals surface area contributed by atoms with Crippen molar-refractivity contribution in [1.29, 1.82) is 0 Å². The third-order valence-electron chi connectivity index (χ3n) is 3.21. The fraction of sp³-hybridized carbons (Fsp3) is 0.500. The van der Waals surface area contributed by atoms with E-state index in [1.165, 1.54) is 11.3 Å². The van der Waals surface area contributed by atoms with E-state index in [2.05, 4.69) is 0 Å². The number of hydrogen-bond donors (Lipinski definition) is 1. The Hall–Kier alpha value is -1.41. The Morgan fingerprint density at radius 1 is 1.40 bits per heavy atom. The fourth-order valence-electron chi connectivity index (χ4n) is 2.24. The van der Waals surface area contributed by atoms with Crippen LogP contribution in [0.15, 0.2) is 6.07 Å². The first-order valence-corrected chi connectivity index (χ1v) is 8.66. The van der Waals surface area contributed by atoms with E-state index in [1.807, 2.05) is 13.0 Å². The lowest BCUT2D eigenvalue weighted by molar-refractivity contribution is -0.141. The van der Waals surface area contributed by atoms with Gasteiger partial charge in [-0.1, -0.05) is 0 Å². The van der Waals surface area contributed by atoms with E-state index in [1.54, 1.807) is 6.92 Å². The highest BCUT2D eigenvalue weighted by Gasteiger charge is 2.39. The van der Waals surface area contributed by atoms with E-state index in [0.29, 0.717) is 4.88 Å². The van der Waals surface area contributed by atoms with Crippen molar-refractivity contribution in [3.63, 3.8) is 0 Å². The van der Waals surface area contributed by atoms with Crippen molar-refractivity contribution in [3.8, 4) is 0 Å². The molecule has 0 bridgehead atoms. The summed E-state index contributed by atoms with van der Waals surface area (Å²) >= 11 is 1.30. The van der Waals surface area contributed by atoms with Crippen LogP contribution in [0.3, 0.4) is 0 Å². The van der Waals surface area contributed by atoms with Crippen LogP contribution in [0.25, 0.3) is 0 Å². The van der Waals surface area contributed by atoms with Crippen LogP contribution in [0.5, 0.6) is 0 Å². The van der Waals surface area contributed by atoms with Crippen LogP contribution < -0.4 is 0 Å². The highest BCUT2D eigenvalue weighted by atomic mass is 32.2. The summed E-state index contributed by atoms with van der Waals surface area (Å²) in [7, 11) is -3.40. The Bertz CT molecular complexity index is 661. The Morgan fingerprint density at radius 2 is 2.05 bits per heavy atom. The van der Waals surface area contributed by atoms with Crippen LogP contribution >= 0.6 is 11.3 Å². The molecule has 0 aromatic carbocycles. The molecule has 1 unspecified atom stereocenters. The summed E-state index contributed by atoms with van der Waals surface area (Å²) in [6.07, 6.45) is 0. The van der Waals surface area contributed by atoms with Gasteiger partial charge in [-0.15, -0.1) is 11.3 Å². The second-order valence-corrected chi connectivity index (χ2v) is 8.32. The summed E-state index contributed by atoms with van der Waals surface area (Å²) in [5.41, 5.74) is 0.787. The molecule has 0 aliphatic carbocycles. The Labute approximate surface area is 120 Å². The molecule has 6 nitrogen and oxygen atoms in total. The number of rotatable bonds is 2. The van der Waals surface area contributed by atoms with Gasteiger partial charge in [0.2, 0.25) is 0 Å². The maximum Gasteiger partial charge on any atom is 0.327 e. The number of sulfone groups is 1. The number of carboxylic acids is 1. The number of carbonyl (C=O) groups is 2. The first-order valence-electron chi connectivity index (χ1n) is 6.02. The lowest BCUT2D eigenvalue weighted by Crippen LogP contribution is -2.54. The molecule has 1 saturated heterocycles. The monoisotopic (exact) mass is 317 g/mol. The van der Waals surface area contributed by atoms with Gasteiger partial charge in [0.15, 0.2) is 9.84 Å². The number of amides is 1. The van der Waals surface area contributed by atoms with Gasteiger partial charge in [-0.3, -0.25) is 4.79 Å². The third kappa shape index (κ3) is 2.85. The molecule has 0 saturated carbocycles. The van der Waals surface area contributed by atoms with Crippen LogP contribution in [-0.4, -0.2) is 54.4 Å². The molecular weight excluding hydrogens is 302 g/mol. The quantitative estimate of drug-likeness (QED) is 0.866. The van der Waals surface area contributed by atoms with Gasteiger partial charge in [0.05, 0.1) is 16.4 Å². The van der Waals surface area contributed by atoms with Crippen molar-refractivity contribution in [2.24, 2.45) is 0 Å². The zero-order valence-corrected chi connectivity index (χ0v) is 12.8. The van der Waals surface area contributed by atoms with Crippen molar-refractivity contribution >= 4 is 33.1 Å². The average Bonchev–Trinajstić information content (AvgIpc) is 2.66. The predicted molar refractivity (Wildman–Crippen MR) is 74.9 cm³/mol. The number of aryl methyl sites for hydroxylation is 2. The minimum absolute atomic E-state index is 0.0749. The van der Waals surface area contributed by atoms with Gasteiger partial charge in [-0.05, 0) is 25.5 Å². The molecule has 2 heterocycles. The number of carboxylic acid groups (broad SMARTS) is 1. The zero-order valence-electron chi connectivity index (χ0n) is 11.1. The molecule has 1 aliphatic rings.